The van der Waals surface area contributed by atoms with Crippen LogP contribution < -0.4 is 11.1 Å². The molecular weight excluding hydrogens is 398 g/mol. The van der Waals surface area contributed by atoms with Crippen molar-refractivity contribution < 1.29 is 9.59 Å². The molecule has 0 radical (unpaired) electrons. The van der Waals surface area contributed by atoms with Crippen LogP contribution in [0.4, 0.5) is 0 Å². The van der Waals surface area contributed by atoms with Gasteiger partial charge in [-0.3, -0.25) is 9.59 Å². The first-order chi connectivity index (χ1) is 13.9. The fourth-order valence-electron chi connectivity index (χ4n) is 4.12. The van der Waals surface area contributed by atoms with Crippen LogP contribution in [0.2, 0.25) is 0 Å². The van der Waals surface area contributed by atoms with Crippen molar-refractivity contribution in [3.05, 3.63) is 71.3 Å². The van der Waals surface area contributed by atoms with Crippen LogP contribution in [0.15, 0.2) is 54.6 Å². The minimum absolute atomic E-state index is 0. The number of rotatable bonds is 6. The normalized spacial score (nSPS) is 19.3. The van der Waals surface area contributed by atoms with Crippen LogP contribution in [0.5, 0.6) is 0 Å². The van der Waals surface area contributed by atoms with Gasteiger partial charge in [-0.1, -0.05) is 62.4 Å². The van der Waals surface area contributed by atoms with Crippen molar-refractivity contribution in [2.75, 3.05) is 19.6 Å². The first-order valence-corrected chi connectivity index (χ1v) is 10.3. The van der Waals surface area contributed by atoms with E-state index in [1.807, 2.05) is 62.1 Å². The molecule has 1 aliphatic rings. The molecule has 6 heteroatoms. The predicted octanol–water partition coefficient (Wildman–Crippen LogP) is 3.37. The molecule has 1 saturated heterocycles. The molecule has 3 atom stereocenters. The summed E-state index contributed by atoms with van der Waals surface area (Å²) in [5.41, 5.74) is 8.74. The molecule has 30 heavy (non-hydrogen) atoms. The van der Waals surface area contributed by atoms with Gasteiger partial charge in [0.15, 0.2) is 0 Å². The summed E-state index contributed by atoms with van der Waals surface area (Å²) in [6, 6.07) is 17.1. The lowest BCUT2D eigenvalue weighted by Crippen LogP contribution is -2.51. The smallest absolute Gasteiger partial charge is 0.252 e. The Hall–Kier alpha value is -2.37. The largest absolute Gasteiger partial charge is 0.340 e. The van der Waals surface area contributed by atoms with E-state index >= 15 is 0 Å². The lowest BCUT2D eigenvalue weighted by atomic mass is 9.89. The number of nitrogens with zero attached hydrogens (tertiary/aromatic N) is 1. The summed E-state index contributed by atoms with van der Waals surface area (Å²) >= 11 is 0. The molecule has 3 rings (SSSR count). The Balaban J connectivity index is 0.00000320. The van der Waals surface area contributed by atoms with Crippen molar-refractivity contribution in [2.24, 2.45) is 17.6 Å². The highest BCUT2D eigenvalue weighted by Gasteiger charge is 2.38. The molecule has 0 spiro atoms. The number of carbonyl (C=O) groups is 2. The van der Waals surface area contributed by atoms with Gasteiger partial charge in [0, 0.05) is 24.6 Å². The molecule has 0 aliphatic carbocycles. The van der Waals surface area contributed by atoms with E-state index in [-0.39, 0.29) is 42.0 Å². The second-order valence-corrected chi connectivity index (χ2v) is 8.27. The monoisotopic (exact) mass is 429 g/mol. The fourth-order valence-corrected chi connectivity index (χ4v) is 4.12. The molecule has 162 valence electrons. The van der Waals surface area contributed by atoms with Crippen LogP contribution >= 0.6 is 12.4 Å². The van der Waals surface area contributed by atoms with Crippen molar-refractivity contribution in [3.63, 3.8) is 0 Å². The van der Waals surface area contributed by atoms with E-state index < -0.39 is 6.04 Å². The van der Waals surface area contributed by atoms with Crippen LogP contribution in [-0.4, -0.2) is 42.4 Å². The average molecular weight is 430 g/mol. The number of hydrogen-bond donors (Lipinski definition) is 2. The summed E-state index contributed by atoms with van der Waals surface area (Å²) in [5.74, 6) is 0.206. The number of halogens is 1. The molecule has 2 aromatic carbocycles. The molecule has 0 bridgehead atoms. The lowest BCUT2D eigenvalue weighted by Gasteiger charge is -2.27. The van der Waals surface area contributed by atoms with E-state index in [2.05, 4.69) is 17.4 Å². The Morgan fingerprint density at radius 2 is 1.70 bits per heavy atom. The van der Waals surface area contributed by atoms with Crippen LogP contribution in [0.25, 0.3) is 0 Å². The molecule has 1 aliphatic heterocycles. The maximum Gasteiger partial charge on any atom is 0.252 e. The van der Waals surface area contributed by atoms with Gasteiger partial charge in [0.05, 0.1) is 0 Å². The van der Waals surface area contributed by atoms with Crippen LogP contribution in [0, 0.1) is 18.8 Å². The van der Waals surface area contributed by atoms with E-state index in [1.54, 1.807) is 6.07 Å². The molecule has 0 aromatic heterocycles. The Morgan fingerprint density at radius 1 is 1.07 bits per heavy atom. The molecule has 5 nitrogen and oxygen atoms in total. The summed E-state index contributed by atoms with van der Waals surface area (Å²) in [6.45, 7) is 7.62. The highest BCUT2D eigenvalue weighted by atomic mass is 35.5. The van der Waals surface area contributed by atoms with Gasteiger partial charge >= 0.3 is 0 Å². The predicted molar refractivity (Wildman–Crippen MR) is 123 cm³/mol. The molecule has 1 unspecified atom stereocenters. The second-order valence-electron chi connectivity index (χ2n) is 8.27. The lowest BCUT2D eigenvalue weighted by molar-refractivity contribution is -0.133. The highest BCUT2D eigenvalue weighted by molar-refractivity contribution is 5.98. The molecule has 3 N–H and O–H groups in total. The molecule has 2 aromatic rings. The van der Waals surface area contributed by atoms with E-state index in [0.717, 1.165) is 5.56 Å². The molecule has 2 amide bonds. The third kappa shape index (κ3) is 5.21. The van der Waals surface area contributed by atoms with Gasteiger partial charge in [0.2, 0.25) is 5.91 Å². The fraction of sp³-hybridized carbons (Fsp3) is 0.417. The summed E-state index contributed by atoms with van der Waals surface area (Å²) < 4.78 is 0. The highest BCUT2D eigenvalue weighted by Crippen LogP contribution is 2.32. The van der Waals surface area contributed by atoms with Crippen molar-refractivity contribution >= 4 is 24.2 Å². The minimum Gasteiger partial charge on any atom is -0.340 e. The van der Waals surface area contributed by atoms with Crippen molar-refractivity contribution in [2.45, 2.75) is 32.7 Å². The van der Waals surface area contributed by atoms with E-state index in [4.69, 9.17) is 5.73 Å². The first kappa shape index (κ1) is 23.9. The third-order valence-corrected chi connectivity index (χ3v) is 5.89. The summed E-state index contributed by atoms with van der Waals surface area (Å²) in [4.78, 5) is 28.0. The number of likely N-dealkylation sites (tertiary alicyclic amines) is 1. The maximum absolute atomic E-state index is 13.3. The van der Waals surface area contributed by atoms with E-state index in [1.165, 1.54) is 5.56 Å². The SMILES string of the molecule is Cc1ccccc1C(=O)NC(C(=O)N1C[C@@H](CN)[C@H](c2ccccc2)C1)C(C)C.Cl. The van der Waals surface area contributed by atoms with Crippen molar-refractivity contribution in [1.82, 2.24) is 10.2 Å². The number of carbonyl (C=O) groups excluding carboxylic acids is 2. The van der Waals surface area contributed by atoms with Gasteiger partial charge < -0.3 is 16.0 Å². The number of benzene rings is 2. The number of nitrogens with one attached hydrogen (secondary N) is 1. The van der Waals surface area contributed by atoms with E-state index in [9.17, 15) is 9.59 Å². The molecular formula is C24H32ClN3O2. The van der Waals surface area contributed by atoms with Crippen LogP contribution in [0.3, 0.4) is 0 Å². The average Bonchev–Trinajstić information content (AvgIpc) is 3.16. The zero-order valence-electron chi connectivity index (χ0n) is 17.9. The van der Waals surface area contributed by atoms with Gasteiger partial charge in [-0.25, -0.2) is 0 Å². The van der Waals surface area contributed by atoms with Gasteiger partial charge in [-0.2, -0.15) is 0 Å². The summed E-state index contributed by atoms with van der Waals surface area (Å²) in [7, 11) is 0. The topological polar surface area (TPSA) is 75.4 Å². The van der Waals surface area contributed by atoms with Crippen molar-refractivity contribution in [3.8, 4) is 0 Å². The minimum atomic E-state index is -0.560. The molecule has 1 heterocycles. The van der Waals surface area contributed by atoms with Gasteiger partial charge in [0.25, 0.3) is 5.91 Å². The summed E-state index contributed by atoms with van der Waals surface area (Å²) in [6.07, 6.45) is 0. The Morgan fingerprint density at radius 3 is 2.30 bits per heavy atom. The first-order valence-electron chi connectivity index (χ1n) is 10.3. The van der Waals surface area contributed by atoms with Crippen LogP contribution in [0.1, 0.15) is 41.3 Å². The van der Waals surface area contributed by atoms with E-state index in [0.29, 0.717) is 25.2 Å². The van der Waals surface area contributed by atoms with Gasteiger partial charge in [0.1, 0.15) is 6.04 Å². The zero-order chi connectivity index (χ0) is 21.0. The molecule has 0 saturated carbocycles. The van der Waals surface area contributed by atoms with Crippen LogP contribution in [-0.2, 0) is 4.79 Å². The third-order valence-electron chi connectivity index (χ3n) is 5.89. The van der Waals surface area contributed by atoms with Crippen molar-refractivity contribution in [1.29, 1.82) is 0 Å². The number of aryl methyl sites for hydroxylation is 1. The van der Waals surface area contributed by atoms with Gasteiger partial charge in [-0.15, -0.1) is 12.4 Å². The quantitative estimate of drug-likeness (QED) is 0.739. The Bertz CT molecular complexity index is 857. The maximum atomic E-state index is 13.3. The molecule has 1 fully saturated rings. The summed E-state index contributed by atoms with van der Waals surface area (Å²) in [5, 5.41) is 2.98. The number of amides is 2. The zero-order valence-corrected chi connectivity index (χ0v) is 18.7. The second kappa shape index (κ2) is 10.6. The number of nitrogens with two attached hydrogens (primary N) is 1. The van der Waals surface area contributed by atoms with Gasteiger partial charge in [-0.05, 0) is 42.5 Å². The Kier molecular flexibility index (Phi) is 8.44. The Labute approximate surface area is 185 Å². The standard InChI is InChI=1S/C24H31N3O2.ClH/c1-16(2)22(26-23(28)20-12-8-7-9-17(20)3)24(29)27-14-19(13-25)21(15-27)18-10-5-4-6-11-18;/h4-12,16,19,21-22H,13-15,25H2,1-3H3,(H,26,28);1H/t19-,21+,22?;/m1./s1. The number of hydrogen-bond acceptors (Lipinski definition) is 3.